The van der Waals surface area contributed by atoms with Gasteiger partial charge >= 0.3 is 0 Å². The van der Waals surface area contributed by atoms with Crippen molar-refractivity contribution >= 4 is 12.1 Å². The molecule has 0 bridgehead atoms. The smallest absolute Gasteiger partial charge is 0.257 e. The van der Waals surface area contributed by atoms with Crippen molar-refractivity contribution in [2.24, 2.45) is 4.99 Å². The molecule has 2 heterocycles. The quantitative estimate of drug-likeness (QED) is 0.423. The zero-order chi connectivity index (χ0) is 8.39. The summed E-state index contributed by atoms with van der Waals surface area (Å²) in [5, 5.41) is 0. The van der Waals surface area contributed by atoms with Crippen molar-refractivity contribution in [3.63, 3.8) is 0 Å². The van der Waals surface area contributed by atoms with Crippen LogP contribution in [-0.4, -0.2) is 18.7 Å². The molecule has 0 spiro atoms. The molecule has 63 valence electrons. The Hall–Kier alpha value is -0.960. The van der Waals surface area contributed by atoms with Crippen LogP contribution in [-0.2, 0) is 4.79 Å². The van der Waals surface area contributed by atoms with Gasteiger partial charge in [0.05, 0.1) is 0 Å². The van der Waals surface area contributed by atoms with Gasteiger partial charge in [-0.25, -0.2) is 0 Å². The standard InChI is InChI=1S/C9H12N2O/c12-7-8-6-11-5-3-1-2-4-9(11)10-8/h6-7H,1-5H2/q+1. The van der Waals surface area contributed by atoms with E-state index in [9.17, 15) is 4.79 Å². The van der Waals surface area contributed by atoms with Gasteiger partial charge in [-0.05, 0) is 12.8 Å². The molecule has 3 heteroatoms. The van der Waals surface area contributed by atoms with Gasteiger partial charge in [-0.1, -0.05) is 4.90 Å². The molecule has 0 aromatic carbocycles. The highest BCUT2D eigenvalue weighted by molar-refractivity contribution is 5.93. The number of allylic oxidation sites excluding steroid dienone is 1. The third-order valence-corrected chi connectivity index (χ3v) is 2.30. The van der Waals surface area contributed by atoms with Crippen molar-refractivity contribution in [3.8, 4) is 0 Å². The summed E-state index contributed by atoms with van der Waals surface area (Å²) in [5.41, 5.74) is 0.576. The van der Waals surface area contributed by atoms with Crippen LogP contribution in [0.3, 0.4) is 0 Å². The molecule has 2 aliphatic heterocycles. The first kappa shape index (κ1) is 7.68. The average Bonchev–Trinajstić information content (AvgIpc) is 2.37. The van der Waals surface area contributed by atoms with Gasteiger partial charge in [0, 0.05) is 12.8 Å². The monoisotopic (exact) mass is 164 g/mol. The minimum absolute atomic E-state index is 0.576. The van der Waals surface area contributed by atoms with Gasteiger partial charge in [0.2, 0.25) is 0 Å². The van der Waals surface area contributed by atoms with Crippen LogP contribution in [0.5, 0.6) is 0 Å². The van der Waals surface area contributed by atoms with Crippen LogP contribution in [0.15, 0.2) is 16.9 Å². The Balaban J connectivity index is 2.17. The van der Waals surface area contributed by atoms with Crippen molar-refractivity contribution in [3.05, 3.63) is 11.9 Å². The fraction of sp³-hybridized carbons (Fsp3) is 0.556. The topological polar surface area (TPSA) is 35.3 Å². The predicted octanol–water partition coefficient (Wildman–Crippen LogP) is 1.15. The van der Waals surface area contributed by atoms with Gasteiger partial charge in [-0.15, -0.1) is 0 Å². The number of aldehydes is 1. The Morgan fingerprint density at radius 1 is 1.42 bits per heavy atom. The van der Waals surface area contributed by atoms with Crippen LogP contribution in [0, 0.1) is 0 Å². The molecule has 0 atom stereocenters. The van der Waals surface area contributed by atoms with Crippen LogP contribution in [0.25, 0.3) is 0 Å². The number of hydrogen-bond acceptors (Lipinski definition) is 3. The number of aliphatic imine (C=N–C) groups is 1. The Labute approximate surface area is 71.8 Å². The summed E-state index contributed by atoms with van der Waals surface area (Å²) in [4.78, 5) is 16.8. The molecule has 12 heavy (non-hydrogen) atoms. The van der Waals surface area contributed by atoms with E-state index >= 15 is 0 Å². The van der Waals surface area contributed by atoms with Crippen molar-refractivity contribution < 1.29 is 4.79 Å². The highest BCUT2D eigenvalue weighted by Gasteiger charge is 2.29. The molecule has 3 nitrogen and oxygen atoms in total. The van der Waals surface area contributed by atoms with Crippen LogP contribution < -0.4 is 4.90 Å². The lowest BCUT2D eigenvalue weighted by atomic mass is 10.2. The van der Waals surface area contributed by atoms with Crippen molar-refractivity contribution in [2.45, 2.75) is 25.7 Å². The molecule has 1 fully saturated rings. The van der Waals surface area contributed by atoms with Crippen LogP contribution >= 0.6 is 0 Å². The summed E-state index contributed by atoms with van der Waals surface area (Å²) in [5.74, 6) is 1.08. The molecule has 2 rings (SSSR count). The zero-order valence-corrected chi connectivity index (χ0v) is 6.99. The van der Waals surface area contributed by atoms with E-state index in [1.54, 1.807) is 0 Å². The lowest BCUT2D eigenvalue weighted by Gasteiger charge is -1.97. The average molecular weight is 164 g/mol. The lowest BCUT2D eigenvalue weighted by Crippen LogP contribution is -2.28. The van der Waals surface area contributed by atoms with Gasteiger partial charge < -0.3 is 0 Å². The fourth-order valence-electron chi connectivity index (χ4n) is 1.67. The van der Waals surface area contributed by atoms with Gasteiger partial charge in [0.15, 0.2) is 18.2 Å². The highest BCUT2D eigenvalue weighted by atomic mass is 16.1. The fourth-order valence-corrected chi connectivity index (χ4v) is 1.67. The molecule has 0 aliphatic carbocycles. The molecular weight excluding hydrogens is 152 g/mol. The van der Waals surface area contributed by atoms with E-state index in [0.717, 1.165) is 25.1 Å². The normalized spacial score (nSPS) is 24.0. The minimum atomic E-state index is 0.576. The summed E-state index contributed by atoms with van der Waals surface area (Å²) in [6.07, 6.45) is 7.39. The third kappa shape index (κ3) is 1.32. The largest absolute Gasteiger partial charge is 0.296 e. The van der Waals surface area contributed by atoms with Crippen LogP contribution in [0.2, 0.25) is 0 Å². The second-order valence-electron chi connectivity index (χ2n) is 3.20. The summed E-state index contributed by atoms with van der Waals surface area (Å²) in [7, 11) is 0. The minimum Gasteiger partial charge on any atom is -0.296 e. The number of rotatable bonds is 1. The Kier molecular flexibility index (Phi) is 2.04. The third-order valence-electron chi connectivity index (χ3n) is 2.30. The molecule has 0 aromatic rings. The zero-order valence-electron chi connectivity index (χ0n) is 6.99. The Morgan fingerprint density at radius 3 is 3.17 bits per heavy atom. The van der Waals surface area contributed by atoms with E-state index in [0.29, 0.717) is 5.70 Å². The SMILES string of the molecule is O=CC1=C[N+]2CCCCCC2=N1. The molecule has 1 radical (unpaired) electrons. The predicted molar refractivity (Wildman–Crippen MR) is 47.1 cm³/mol. The van der Waals surface area contributed by atoms with Gasteiger partial charge in [-0.2, -0.15) is 4.99 Å². The molecule has 0 aromatic heterocycles. The summed E-state index contributed by atoms with van der Waals surface area (Å²) >= 11 is 0. The van der Waals surface area contributed by atoms with Crippen LogP contribution in [0.1, 0.15) is 25.7 Å². The van der Waals surface area contributed by atoms with E-state index in [1.165, 1.54) is 19.3 Å². The summed E-state index contributed by atoms with van der Waals surface area (Å²) in [6, 6.07) is 0. The van der Waals surface area contributed by atoms with Gasteiger partial charge in [0.25, 0.3) is 5.84 Å². The number of carbonyl (C=O) groups excluding carboxylic acids is 1. The van der Waals surface area contributed by atoms with E-state index in [-0.39, 0.29) is 0 Å². The van der Waals surface area contributed by atoms with E-state index in [2.05, 4.69) is 9.89 Å². The molecule has 0 unspecified atom stereocenters. The lowest BCUT2D eigenvalue weighted by molar-refractivity contribution is -0.104. The van der Waals surface area contributed by atoms with Crippen LogP contribution in [0.4, 0.5) is 0 Å². The second-order valence-corrected chi connectivity index (χ2v) is 3.20. The molecular formula is C9H12N2O+. The van der Waals surface area contributed by atoms with E-state index < -0.39 is 0 Å². The van der Waals surface area contributed by atoms with Gasteiger partial charge in [-0.3, -0.25) is 4.79 Å². The van der Waals surface area contributed by atoms with E-state index in [4.69, 9.17) is 0 Å². The van der Waals surface area contributed by atoms with Crippen molar-refractivity contribution in [1.29, 1.82) is 0 Å². The molecule has 2 aliphatic rings. The summed E-state index contributed by atoms with van der Waals surface area (Å²) < 4.78 is 0. The molecule has 1 saturated heterocycles. The number of nitrogens with zero attached hydrogens (tertiary/aromatic N) is 2. The molecule has 0 amide bonds. The summed E-state index contributed by atoms with van der Waals surface area (Å²) in [6.45, 7) is 1.02. The number of fused-ring (bicyclic) bond motifs is 1. The first-order valence-electron chi connectivity index (χ1n) is 4.41. The molecule has 0 N–H and O–H groups in total. The van der Waals surface area contributed by atoms with Crippen molar-refractivity contribution in [1.82, 2.24) is 4.90 Å². The molecule has 0 saturated carbocycles. The number of carbonyl (C=O) groups is 1. The maximum absolute atomic E-state index is 10.4. The maximum Gasteiger partial charge on any atom is 0.257 e. The van der Waals surface area contributed by atoms with Gasteiger partial charge in [0.1, 0.15) is 6.54 Å². The number of amidine groups is 1. The van der Waals surface area contributed by atoms with E-state index in [1.807, 2.05) is 6.20 Å². The number of hydrogen-bond donors (Lipinski definition) is 0. The van der Waals surface area contributed by atoms with Crippen molar-refractivity contribution in [2.75, 3.05) is 6.54 Å². The first-order chi connectivity index (χ1) is 5.90. The highest BCUT2D eigenvalue weighted by Crippen LogP contribution is 2.17. The first-order valence-corrected chi connectivity index (χ1v) is 4.41. The Morgan fingerprint density at radius 2 is 2.33 bits per heavy atom. The Bertz CT molecular complexity index is 255. The second kappa shape index (κ2) is 3.19. The maximum atomic E-state index is 10.4.